The van der Waals surface area contributed by atoms with Crippen molar-refractivity contribution in [3.8, 4) is 11.5 Å². The maximum atomic E-state index is 12.4. The van der Waals surface area contributed by atoms with E-state index >= 15 is 0 Å². The Kier molecular flexibility index (Phi) is 7.77. The van der Waals surface area contributed by atoms with Crippen molar-refractivity contribution in [1.82, 2.24) is 15.0 Å². The third-order valence-electron chi connectivity index (χ3n) is 4.88. The number of nitrogens with one attached hydrogen (secondary N) is 1. The molecule has 4 rings (SSSR count). The first-order valence-electron chi connectivity index (χ1n) is 10.2. The molecule has 10 heteroatoms. The Hall–Kier alpha value is -3.01. The van der Waals surface area contributed by atoms with E-state index in [2.05, 4.69) is 31.0 Å². The number of hydrazone groups is 1. The lowest BCUT2D eigenvalue weighted by molar-refractivity contribution is -0.118. The third kappa shape index (κ3) is 5.72. The van der Waals surface area contributed by atoms with Crippen molar-refractivity contribution in [3.63, 3.8) is 0 Å². The Balaban J connectivity index is 1.44. The Labute approximate surface area is 213 Å². The number of methoxy groups -OCH3 is 1. The summed E-state index contributed by atoms with van der Waals surface area (Å²) in [6, 6.07) is 18.8. The van der Waals surface area contributed by atoms with Gasteiger partial charge in [0.25, 0.3) is 5.91 Å². The number of aromatic nitrogens is 2. The molecule has 0 radical (unpaired) electrons. The first kappa shape index (κ1) is 24.1. The van der Waals surface area contributed by atoms with Crippen molar-refractivity contribution in [1.29, 1.82) is 0 Å². The van der Waals surface area contributed by atoms with Gasteiger partial charge in [0.1, 0.15) is 0 Å². The smallest absolute Gasteiger partial charge is 0.250 e. The summed E-state index contributed by atoms with van der Waals surface area (Å²) in [7, 11) is 1.46. The highest BCUT2D eigenvalue weighted by Crippen LogP contribution is 2.34. The van der Waals surface area contributed by atoms with Gasteiger partial charge >= 0.3 is 0 Å². The number of aromatic hydroxyl groups is 1. The van der Waals surface area contributed by atoms with E-state index in [1.54, 1.807) is 12.1 Å². The molecule has 0 bridgehead atoms. The zero-order valence-corrected chi connectivity index (χ0v) is 21.2. The molecule has 1 amide bonds. The molecule has 0 aliphatic rings. The maximum Gasteiger partial charge on any atom is 0.250 e. The van der Waals surface area contributed by atoms with E-state index in [1.165, 1.54) is 25.1 Å². The molecule has 174 valence electrons. The predicted molar refractivity (Wildman–Crippen MR) is 139 cm³/mol. The van der Waals surface area contributed by atoms with Gasteiger partial charge in [0.2, 0.25) is 0 Å². The summed E-state index contributed by atoms with van der Waals surface area (Å²) in [5.74, 6) is 0.180. The topological polar surface area (TPSA) is 88.7 Å². The minimum atomic E-state index is -0.267. The molecule has 7 nitrogen and oxygen atoms in total. The average Bonchev–Trinajstić information content (AvgIpc) is 3.18. The number of phenolic OH excluding ortho intramolecular Hbond substituents is 1. The van der Waals surface area contributed by atoms with Crippen LogP contribution in [0.2, 0.25) is 5.02 Å². The maximum absolute atomic E-state index is 12.4. The van der Waals surface area contributed by atoms with Crippen LogP contribution in [-0.2, 0) is 11.3 Å². The van der Waals surface area contributed by atoms with Crippen molar-refractivity contribution in [3.05, 3.63) is 81.3 Å². The van der Waals surface area contributed by atoms with Crippen LogP contribution in [0, 0.1) is 0 Å². The molecular formula is C24H20BrClN4O3S. The molecule has 0 spiro atoms. The van der Waals surface area contributed by atoms with Crippen LogP contribution in [0.15, 0.2) is 75.4 Å². The molecule has 34 heavy (non-hydrogen) atoms. The zero-order chi connectivity index (χ0) is 24.1. The number of fused-ring (bicyclic) bond motifs is 1. The SMILES string of the molecule is COc1cc(/C=N\NC(=O)CSc2nc3ccccc3n2Cc2ccc(Cl)cc2)cc(Br)c1O. The number of hydrogen-bond acceptors (Lipinski definition) is 6. The molecule has 0 aliphatic heterocycles. The number of halogens is 2. The van der Waals surface area contributed by atoms with Crippen LogP contribution in [0.5, 0.6) is 11.5 Å². The van der Waals surface area contributed by atoms with E-state index in [0.717, 1.165) is 21.8 Å². The van der Waals surface area contributed by atoms with Crippen LogP contribution in [0.1, 0.15) is 11.1 Å². The molecule has 3 aromatic carbocycles. The number of benzene rings is 3. The van der Waals surface area contributed by atoms with Crippen LogP contribution < -0.4 is 10.2 Å². The number of para-hydroxylation sites is 2. The van der Waals surface area contributed by atoms with Crippen LogP contribution >= 0.6 is 39.3 Å². The van der Waals surface area contributed by atoms with Gasteiger partial charge in [-0.05, 0) is 63.5 Å². The molecule has 0 saturated heterocycles. The van der Waals surface area contributed by atoms with E-state index in [0.29, 0.717) is 27.4 Å². The first-order chi connectivity index (χ1) is 16.4. The second-order valence-corrected chi connectivity index (χ2v) is 9.46. The van der Waals surface area contributed by atoms with Crippen molar-refractivity contribution in [2.75, 3.05) is 12.9 Å². The highest BCUT2D eigenvalue weighted by atomic mass is 79.9. The molecule has 0 saturated carbocycles. The van der Waals surface area contributed by atoms with Gasteiger partial charge in [-0.1, -0.05) is 47.6 Å². The third-order valence-corrected chi connectivity index (χ3v) is 6.71. The van der Waals surface area contributed by atoms with Crippen molar-refractivity contribution in [2.24, 2.45) is 5.10 Å². The summed E-state index contributed by atoms with van der Waals surface area (Å²) in [6.45, 7) is 0.608. The summed E-state index contributed by atoms with van der Waals surface area (Å²) in [4.78, 5) is 17.1. The Morgan fingerprint density at radius 3 is 2.79 bits per heavy atom. The molecule has 0 fully saturated rings. The van der Waals surface area contributed by atoms with E-state index in [-0.39, 0.29) is 17.4 Å². The number of carbonyl (C=O) groups excluding carboxylic acids is 1. The lowest BCUT2D eigenvalue weighted by Crippen LogP contribution is -2.20. The normalized spacial score (nSPS) is 11.3. The van der Waals surface area contributed by atoms with Crippen molar-refractivity contribution < 1.29 is 14.6 Å². The standard InChI is InChI=1S/C24H20BrClN4O3S/c1-33-21-11-16(10-18(25)23(21)32)12-27-29-22(31)14-34-24-28-19-4-2-3-5-20(19)30(24)13-15-6-8-17(26)9-7-15/h2-12,32H,13-14H2,1H3,(H,29,31)/b27-12-. The van der Waals surface area contributed by atoms with E-state index < -0.39 is 0 Å². The summed E-state index contributed by atoms with van der Waals surface area (Å²) in [5, 5.41) is 15.3. The van der Waals surface area contributed by atoms with Crippen LogP contribution in [0.25, 0.3) is 11.0 Å². The lowest BCUT2D eigenvalue weighted by Gasteiger charge is -2.09. The first-order valence-corrected chi connectivity index (χ1v) is 12.3. The molecule has 1 aromatic heterocycles. The monoisotopic (exact) mass is 558 g/mol. The summed E-state index contributed by atoms with van der Waals surface area (Å²) < 4.78 is 7.67. The van der Waals surface area contributed by atoms with E-state index in [9.17, 15) is 9.90 Å². The average molecular weight is 560 g/mol. The number of carbonyl (C=O) groups is 1. The lowest BCUT2D eigenvalue weighted by atomic mass is 10.2. The van der Waals surface area contributed by atoms with E-state index in [1.807, 2.05) is 48.5 Å². The molecule has 4 aromatic rings. The zero-order valence-electron chi connectivity index (χ0n) is 18.0. The molecule has 0 aliphatic carbocycles. The van der Waals surface area contributed by atoms with Gasteiger partial charge in [-0.2, -0.15) is 5.10 Å². The fraction of sp³-hybridized carbons (Fsp3) is 0.125. The van der Waals surface area contributed by atoms with Gasteiger partial charge in [0.05, 0.1) is 41.1 Å². The van der Waals surface area contributed by atoms with Gasteiger partial charge < -0.3 is 14.4 Å². The molecule has 0 atom stereocenters. The quantitative estimate of drug-likeness (QED) is 0.170. The van der Waals surface area contributed by atoms with Gasteiger partial charge in [-0.15, -0.1) is 0 Å². The van der Waals surface area contributed by atoms with Crippen molar-refractivity contribution >= 4 is 62.4 Å². The Morgan fingerprint density at radius 1 is 1.26 bits per heavy atom. The fourth-order valence-electron chi connectivity index (χ4n) is 3.25. The summed E-state index contributed by atoms with van der Waals surface area (Å²) in [6.07, 6.45) is 1.48. The molecular weight excluding hydrogens is 540 g/mol. The van der Waals surface area contributed by atoms with Crippen LogP contribution in [-0.4, -0.2) is 39.6 Å². The number of thioether (sulfide) groups is 1. The second kappa shape index (κ2) is 10.9. The van der Waals surface area contributed by atoms with E-state index in [4.69, 9.17) is 21.3 Å². The highest BCUT2D eigenvalue weighted by molar-refractivity contribution is 9.10. The van der Waals surface area contributed by atoms with Crippen molar-refractivity contribution in [2.45, 2.75) is 11.7 Å². The number of imidazole rings is 1. The molecule has 2 N–H and O–H groups in total. The predicted octanol–water partition coefficient (Wildman–Crippen LogP) is 5.46. The fourth-order valence-corrected chi connectivity index (χ4v) is 4.65. The number of hydrogen-bond donors (Lipinski definition) is 2. The van der Waals surface area contributed by atoms with Gasteiger partial charge in [0.15, 0.2) is 16.7 Å². The van der Waals surface area contributed by atoms with Crippen LogP contribution in [0.3, 0.4) is 0 Å². The highest BCUT2D eigenvalue weighted by Gasteiger charge is 2.13. The Bertz CT molecular complexity index is 1360. The summed E-state index contributed by atoms with van der Waals surface area (Å²) >= 11 is 10.6. The number of ether oxygens (including phenoxy) is 1. The molecule has 1 heterocycles. The van der Waals surface area contributed by atoms with Gasteiger partial charge in [0, 0.05) is 5.02 Å². The number of amides is 1. The second-order valence-electron chi connectivity index (χ2n) is 7.23. The minimum absolute atomic E-state index is 0.00146. The van der Waals surface area contributed by atoms with Gasteiger partial charge in [-0.3, -0.25) is 4.79 Å². The van der Waals surface area contributed by atoms with Crippen LogP contribution in [0.4, 0.5) is 0 Å². The molecule has 0 unspecified atom stereocenters. The largest absolute Gasteiger partial charge is 0.503 e. The summed E-state index contributed by atoms with van der Waals surface area (Å²) in [5.41, 5.74) is 6.11. The number of phenols is 1. The van der Waals surface area contributed by atoms with Gasteiger partial charge in [-0.25, -0.2) is 10.4 Å². The number of rotatable bonds is 8. The number of nitrogens with zero attached hydrogens (tertiary/aromatic N) is 3. The Morgan fingerprint density at radius 2 is 2.03 bits per heavy atom. The minimum Gasteiger partial charge on any atom is -0.503 e.